The minimum atomic E-state index is 0.00662. The molecular formula is C12H9BrCl2S. The van der Waals surface area contributed by atoms with E-state index in [1.807, 2.05) is 24.3 Å². The first-order valence-electron chi connectivity index (χ1n) is 4.79. The molecule has 4 heteroatoms. The van der Waals surface area contributed by atoms with E-state index in [1.54, 1.807) is 11.8 Å². The molecule has 1 aromatic carbocycles. The molecule has 0 saturated heterocycles. The van der Waals surface area contributed by atoms with Crippen LogP contribution in [-0.2, 0) is 0 Å². The van der Waals surface area contributed by atoms with Crippen LogP contribution >= 0.6 is 50.9 Å². The Bertz CT molecular complexity index is 454. The normalized spacial score (nSPS) is 20.3. The first kappa shape index (κ1) is 12.6. The van der Waals surface area contributed by atoms with Gasteiger partial charge in [0.1, 0.15) is 0 Å². The SMILES string of the molecule is ClC1=CC(Sc2cccc(Br)c2)=CC(Cl)C1. The van der Waals surface area contributed by atoms with Crippen LogP contribution in [-0.4, -0.2) is 5.38 Å². The maximum absolute atomic E-state index is 6.08. The number of halogens is 3. The van der Waals surface area contributed by atoms with Gasteiger partial charge < -0.3 is 0 Å². The fraction of sp³-hybridized carbons (Fsp3) is 0.167. The summed E-state index contributed by atoms with van der Waals surface area (Å²) >= 11 is 17.2. The highest BCUT2D eigenvalue weighted by Gasteiger charge is 2.12. The van der Waals surface area contributed by atoms with Crippen molar-refractivity contribution in [2.24, 2.45) is 0 Å². The molecule has 0 aromatic heterocycles. The van der Waals surface area contributed by atoms with E-state index < -0.39 is 0 Å². The summed E-state index contributed by atoms with van der Waals surface area (Å²) < 4.78 is 1.08. The highest BCUT2D eigenvalue weighted by molar-refractivity contribution is 9.10. The summed E-state index contributed by atoms with van der Waals surface area (Å²) in [5.74, 6) is 0. The summed E-state index contributed by atoms with van der Waals surface area (Å²) in [4.78, 5) is 2.28. The molecule has 1 aromatic rings. The van der Waals surface area contributed by atoms with Gasteiger partial charge in [-0.3, -0.25) is 0 Å². The minimum Gasteiger partial charge on any atom is -0.118 e. The summed E-state index contributed by atoms with van der Waals surface area (Å²) in [7, 11) is 0. The summed E-state index contributed by atoms with van der Waals surface area (Å²) in [5, 5.41) is 0.826. The van der Waals surface area contributed by atoms with E-state index in [-0.39, 0.29) is 5.38 Å². The molecule has 1 aliphatic rings. The van der Waals surface area contributed by atoms with E-state index in [0.29, 0.717) is 0 Å². The van der Waals surface area contributed by atoms with E-state index in [4.69, 9.17) is 23.2 Å². The lowest BCUT2D eigenvalue weighted by molar-refractivity contribution is 1.02. The Morgan fingerprint density at radius 2 is 2.19 bits per heavy atom. The van der Waals surface area contributed by atoms with E-state index in [1.165, 1.54) is 4.90 Å². The van der Waals surface area contributed by atoms with Crippen molar-refractivity contribution in [3.63, 3.8) is 0 Å². The number of benzene rings is 1. The Kier molecular flexibility index (Phi) is 4.42. The maximum atomic E-state index is 6.08. The van der Waals surface area contributed by atoms with Crippen molar-refractivity contribution in [2.45, 2.75) is 16.7 Å². The first-order valence-corrected chi connectivity index (χ1v) is 7.21. The predicted octanol–water partition coefficient (Wildman–Crippen LogP) is 5.56. The van der Waals surface area contributed by atoms with Crippen molar-refractivity contribution >= 4 is 50.9 Å². The summed E-state index contributed by atoms with van der Waals surface area (Å²) in [5.41, 5.74) is 0. The van der Waals surface area contributed by atoms with Crippen LogP contribution in [0.1, 0.15) is 6.42 Å². The Morgan fingerprint density at radius 3 is 2.88 bits per heavy atom. The summed E-state index contributed by atoms with van der Waals surface area (Å²) in [6.45, 7) is 0. The summed E-state index contributed by atoms with van der Waals surface area (Å²) in [6.07, 6.45) is 4.75. The highest BCUT2D eigenvalue weighted by atomic mass is 79.9. The van der Waals surface area contributed by atoms with Gasteiger partial charge in [-0.15, -0.1) is 11.6 Å². The van der Waals surface area contributed by atoms with Gasteiger partial charge in [-0.05, 0) is 24.3 Å². The van der Waals surface area contributed by atoms with E-state index in [0.717, 1.165) is 20.8 Å². The Balaban J connectivity index is 2.16. The van der Waals surface area contributed by atoms with Gasteiger partial charge in [0.2, 0.25) is 0 Å². The molecule has 84 valence electrons. The van der Waals surface area contributed by atoms with Gasteiger partial charge in [-0.1, -0.05) is 51.4 Å². The van der Waals surface area contributed by atoms with E-state index in [2.05, 4.69) is 28.1 Å². The molecule has 1 unspecified atom stereocenters. The van der Waals surface area contributed by atoms with Gasteiger partial charge in [-0.2, -0.15) is 0 Å². The van der Waals surface area contributed by atoms with Gasteiger partial charge in [0.25, 0.3) is 0 Å². The van der Waals surface area contributed by atoms with Crippen molar-refractivity contribution in [1.29, 1.82) is 0 Å². The molecule has 1 atom stereocenters. The largest absolute Gasteiger partial charge is 0.118 e. The molecule has 0 fully saturated rings. The molecule has 0 saturated carbocycles. The number of rotatable bonds is 2. The van der Waals surface area contributed by atoms with Gasteiger partial charge in [-0.25, -0.2) is 0 Å². The monoisotopic (exact) mass is 334 g/mol. The van der Waals surface area contributed by atoms with Gasteiger partial charge >= 0.3 is 0 Å². The zero-order chi connectivity index (χ0) is 11.5. The summed E-state index contributed by atoms with van der Waals surface area (Å²) in [6, 6.07) is 8.16. The van der Waals surface area contributed by atoms with E-state index >= 15 is 0 Å². The average Bonchev–Trinajstić information content (AvgIpc) is 2.15. The van der Waals surface area contributed by atoms with Crippen molar-refractivity contribution in [2.75, 3.05) is 0 Å². The quantitative estimate of drug-likeness (QED) is 0.637. The van der Waals surface area contributed by atoms with Crippen LogP contribution in [0.25, 0.3) is 0 Å². The fourth-order valence-electron chi connectivity index (χ4n) is 1.41. The van der Waals surface area contributed by atoms with Crippen LogP contribution in [0.5, 0.6) is 0 Å². The second-order valence-electron chi connectivity index (χ2n) is 3.44. The van der Waals surface area contributed by atoms with Crippen LogP contribution in [0.2, 0.25) is 0 Å². The van der Waals surface area contributed by atoms with Crippen LogP contribution in [0.4, 0.5) is 0 Å². The Labute approximate surface area is 118 Å². The zero-order valence-corrected chi connectivity index (χ0v) is 12.2. The average molecular weight is 336 g/mol. The highest BCUT2D eigenvalue weighted by Crippen LogP contribution is 2.35. The molecule has 1 aliphatic carbocycles. The lowest BCUT2D eigenvalue weighted by atomic mass is 10.2. The second-order valence-corrected chi connectivity index (χ2v) is 6.55. The molecule has 0 aliphatic heterocycles. The number of allylic oxidation sites excluding steroid dienone is 3. The smallest absolute Gasteiger partial charge is 0.0578 e. The molecule has 0 bridgehead atoms. The van der Waals surface area contributed by atoms with Crippen molar-refractivity contribution in [3.8, 4) is 0 Å². The zero-order valence-electron chi connectivity index (χ0n) is 8.29. The molecule has 0 N–H and O–H groups in total. The van der Waals surface area contributed by atoms with E-state index in [9.17, 15) is 0 Å². The first-order chi connectivity index (χ1) is 7.63. The van der Waals surface area contributed by atoms with Gasteiger partial charge in [0.15, 0.2) is 0 Å². The molecule has 0 heterocycles. The molecular weight excluding hydrogens is 327 g/mol. The predicted molar refractivity (Wildman–Crippen MR) is 76.3 cm³/mol. The minimum absolute atomic E-state index is 0.00662. The fourth-order valence-corrected chi connectivity index (χ4v) is 3.81. The standard InChI is InChI=1S/C12H9BrCl2S/c13-8-2-1-3-11(4-8)16-12-6-9(14)5-10(15)7-12/h1-4,6-7,9H,5H2. The van der Waals surface area contributed by atoms with Crippen LogP contribution in [0.3, 0.4) is 0 Å². The number of hydrogen-bond acceptors (Lipinski definition) is 1. The Hall–Kier alpha value is 0.110. The van der Waals surface area contributed by atoms with Crippen molar-refractivity contribution in [3.05, 3.63) is 50.8 Å². The third-order valence-electron chi connectivity index (χ3n) is 2.07. The molecule has 0 nitrogen and oxygen atoms in total. The topological polar surface area (TPSA) is 0 Å². The van der Waals surface area contributed by atoms with Crippen LogP contribution < -0.4 is 0 Å². The lowest BCUT2D eigenvalue weighted by Crippen LogP contribution is -1.99. The Morgan fingerprint density at radius 1 is 1.38 bits per heavy atom. The van der Waals surface area contributed by atoms with Crippen molar-refractivity contribution in [1.82, 2.24) is 0 Å². The third-order valence-corrected chi connectivity index (χ3v) is 4.08. The third kappa shape index (κ3) is 3.56. The molecule has 2 rings (SSSR count). The van der Waals surface area contributed by atoms with Crippen LogP contribution in [0, 0.1) is 0 Å². The lowest BCUT2D eigenvalue weighted by Gasteiger charge is -2.13. The second kappa shape index (κ2) is 5.63. The number of thioether (sulfide) groups is 1. The van der Waals surface area contributed by atoms with Gasteiger partial charge in [0.05, 0.1) is 5.38 Å². The van der Waals surface area contributed by atoms with Gasteiger partial charge in [0, 0.05) is 25.7 Å². The molecule has 0 radical (unpaired) electrons. The number of alkyl halides is 1. The number of hydrogen-bond donors (Lipinski definition) is 0. The maximum Gasteiger partial charge on any atom is 0.0578 e. The van der Waals surface area contributed by atoms with Crippen molar-refractivity contribution < 1.29 is 0 Å². The molecule has 0 amide bonds. The molecule has 16 heavy (non-hydrogen) atoms. The van der Waals surface area contributed by atoms with Crippen LogP contribution in [0.15, 0.2) is 55.7 Å². The molecule has 0 spiro atoms.